The molecule has 1 aromatic carbocycles. The molecule has 0 spiro atoms. The van der Waals surface area contributed by atoms with Gasteiger partial charge in [0, 0.05) is 18.3 Å². The Morgan fingerprint density at radius 2 is 1.82 bits per heavy atom. The van der Waals surface area contributed by atoms with Crippen LogP contribution in [0.4, 0.5) is 5.95 Å². The van der Waals surface area contributed by atoms with Crippen LogP contribution in [0.3, 0.4) is 0 Å². The lowest BCUT2D eigenvalue weighted by Crippen LogP contribution is -2.18. The van der Waals surface area contributed by atoms with Gasteiger partial charge in [-0.2, -0.15) is 16.7 Å². The van der Waals surface area contributed by atoms with E-state index in [2.05, 4.69) is 27.0 Å². The zero-order chi connectivity index (χ0) is 14.8. The summed E-state index contributed by atoms with van der Waals surface area (Å²) in [6.07, 6.45) is 4.23. The zero-order valence-corrected chi connectivity index (χ0v) is 13.1. The predicted octanol–water partition coefficient (Wildman–Crippen LogP) is 3.82. The molecule has 1 N–H and O–H groups in total. The van der Waals surface area contributed by atoms with Gasteiger partial charge in [-0.3, -0.25) is 0 Å². The third kappa shape index (κ3) is 3.04. The standard InChI is InChI=1S/C17H19N3OS/c1-2-4-15(5-3-1)21-16-6-7-18-17(20-16)19-14-8-12-10-22-11-13(12)9-14/h1-7,12-14H,8-11H2,(H,18,19,20). The van der Waals surface area contributed by atoms with Gasteiger partial charge in [-0.25, -0.2) is 4.98 Å². The second-order valence-electron chi connectivity index (χ2n) is 6.00. The van der Waals surface area contributed by atoms with Gasteiger partial charge >= 0.3 is 0 Å². The largest absolute Gasteiger partial charge is 0.439 e. The molecule has 4 rings (SSSR count). The molecule has 2 heterocycles. The molecule has 4 nitrogen and oxygen atoms in total. The van der Waals surface area contributed by atoms with Crippen molar-refractivity contribution in [3.05, 3.63) is 42.6 Å². The maximum absolute atomic E-state index is 5.76. The minimum absolute atomic E-state index is 0.503. The van der Waals surface area contributed by atoms with E-state index in [1.165, 1.54) is 24.3 Å². The summed E-state index contributed by atoms with van der Waals surface area (Å²) in [6, 6.07) is 12.0. The van der Waals surface area contributed by atoms with Crippen molar-refractivity contribution in [1.29, 1.82) is 0 Å². The fourth-order valence-electron chi connectivity index (χ4n) is 3.37. The lowest BCUT2D eigenvalue weighted by Gasteiger charge is -2.14. The lowest BCUT2D eigenvalue weighted by atomic mass is 10.0. The number of para-hydroxylation sites is 1. The number of hydrogen-bond acceptors (Lipinski definition) is 5. The Morgan fingerprint density at radius 1 is 1.05 bits per heavy atom. The van der Waals surface area contributed by atoms with Crippen LogP contribution < -0.4 is 10.1 Å². The molecular formula is C17H19N3OS. The minimum Gasteiger partial charge on any atom is -0.439 e. The average Bonchev–Trinajstić information content (AvgIpc) is 3.10. The maximum atomic E-state index is 5.76. The van der Waals surface area contributed by atoms with Crippen molar-refractivity contribution in [2.24, 2.45) is 11.8 Å². The number of fused-ring (bicyclic) bond motifs is 1. The van der Waals surface area contributed by atoms with Crippen molar-refractivity contribution in [2.75, 3.05) is 16.8 Å². The Labute approximate surface area is 134 Å². The van der Waals surface area contributed by atoms with Crippen LogP contribution >= 0.6 is 11.8 Å². The van der Waals surface area contributed by atoms with Crippen molar-refractivity contribution in [3.8, 4) is 11.6 Å². The van der Waals surface area contributed by atoms with Crippen molar-refractivity contribution in [2.45, 2.75) is 18.9 Å². The number of thioether (sulfide) groups is 1. The number of rotatable bonds is 4. The first-order valence-corrected chi connectivity index (χ1v) is 8.92. The van der Waals surface area contributed by atoms with Crippen molar-refractivity contribution < 1.29 is 4.74 Å². The van der Waals surface area contributed by atoms with E-state index in [-0.39, 0.29) is 0 Å². The second-order valence-corrected chi connectivity index (χ2v) is 7.08. The number of anilines is 1. The number of nitrogens with one attached hydrogen (secondary N) is 1. The van der Waals surface area contributed by atoms with Gasteiger partial charge in [0.2, 0.25) is 11.8 Å². The van der Waals surface area contributed by atoms with Gasteiger partial charge in [0.05, 0.1) is 0 Å². The van der Waals surface area contributed by atoms with Crippen molar-refractivity contribution in [1.82, 2.24) is 9.97 Å². The number of nitrogens with zero attached hydrogens (tertiary/aromatic N) is 2. The first-order valence-electron chi connectivity index (χ1n) is 7.77. The fraction of sp³-hybridized carbons (Fsp3) is 0.412. The summed E-state index contributed by atoms with van der Waals surface area (Å²) in [5.74, 6) is 6.45. The Kier molecular flexibility index (Phi) is 3.89. The van der Waals surface area contributed by atoms with Gasteiger partial charge < -0.3 is 10.1 Å². The maximum Gasteiger partial charge on any atom is 0.226 e. The molecule has 1 saturated heterocycles. The molecule has 0 amide bonds. The average molecular weight is 313 g/mol. The molecule has 1 saturated carbocycles. The van der Waals surface area contributed by atoms with E-state index in [9.17, 15) is 0 Å². The van der Waals surface area contributed by atoms with E-state index in [1.807, 2.05) is 30.3 Å². The SMILES string of the molecule is c1ccc(Oc2ccnc(NC3CC4CSCC4C3)n2)cc1. The third-order valence-corrected chi connectivity index (χ3v) is 5.76. The molecule has 5 heteroatoms. The monoisotopic (exact) mass is 313 g/mol. The summed E-state index contributed by atoms with van der Waals surface area (Å²) in [7, 11) is 0. The quantitative estimate of drug-likeness (QED) is 0.929. The Hall–Kier alpha value is -1.75. The molecule has 0 bridgehead atoms. The molecule has 114 valence electrons. The Bertz CT molecular complexity index is 625. The molecule has 2 unspecified atom stereocenters. The van der Waals surface area contributed by atoms with E-state index in [4.69, 9.17) is 4.74 Å². The van der Waals surface area contributed by atoms with Gasteiger partial charge in [-0.05, 0) is 48.3 Å². The van der Waals surface area contributed by atoms with Crippen LogP contribution in [0.1, 0.15) is 12.8 Å². The number of benzene rings is 1. The van der Waals surface area contributed by atoms with Crippen LogP contribution in [0.5, 0.6) is 11.6 Å². The number of hydrogen-bond donors (Lipinski definition) is 1. The summed E-state index contributed by atoms with van der Waals surface area (Å²) in [5.41, 5.74) is 0. The number of aromatic nitrogens is 2. The first-order chi connectivity index (χ1) is 10.9. The molecule has 1 aromatic heterocycles. The minimum atomic E-state index is 0.503. The normalized spacial score (nSPS) is 26.6. The highest BCUT2D eigenvalue weighted by Crippen LogP contribution is 2.42. The van der Waals surface area contributed by atoms with E-state index < -0.39 is 0 Å². The molecular weight excluding hydrogens is 294 g/mol. The van der Waals surface area contributed by atoms with E-state index in [0.717, 1.165) is 17.6 Å². The van der Waals surface area contributed by atoms with Gasteiger partial charge in [0.15, 0.2) is 0 Å². The summed E-state index contributed by atoms with van der Waals surface area (Å²) < 4.78 is 5.76. The van der Waals surface area contributed by atoms with Gasteiger partial charge in [-0.15, -0.1) is 0 Å². The van der Waals surface area contributed by atoms with Crippen LogP contribution in [-0.4, -0.2) is 27.5 Å². The molecule has 2 aromatic rings. The predicted molar refractivity (Wildman–Crippen MR) is 89.5 cm³/mol. The van der Waals surface area contributed by atoms with Crippen LogP contribution in [0.15, 0.2) is 42.6 Å². The topological polar surface area (TPSA) is 47.0 Å². The van der Waals surface area contributed by atoms with Crippen molar-refractivity contribution >= 4 is 17.7 Å². The summed E-state index contributed by atoms with van der Waals surface area (Å²) in [6.45, 7) is 0. The second kappa shape index (κ2) is 6.16. The molecule has 0 radical (unpaired) electrons. The summed E-state index contributed by atoms with van der Waals surface area (Å²) in [4.78, 5) is 8.81. The smallest absolute Gasteiger partial charge is 0.226 e. The van der Waals surface area contributed by atoms with E-state index in [1.54, 1.807) is 12.3 Å². The van der Waals surface area contributed by atoms with Crippen molar-refractivity contribution in [3.63, 3.8) is 0 Å². The van der Waals surface area contributed by atoms with Crippen LogP contribution in [0.2, 0.25) is 0 Å². The van der Waals surface area contributed by atoms with Gasteiger partial charge in [0.1, 0.15) is 5.75 Å². The Balaban J connectivity index is 1.41. The molecule has 2 fully saturated rings. The van der Waals surface area contributed by atoms with Crippen LogP contribution in [-0.2, 0) is 0 Å². The van der Waals surface area contributed by atoms with Gasteiger partial charge in [-0.1, -0.05) is 18.2 Å². The first kappa shape index (κ1) is 13.9. The molecule has 2 atom stereocenters. The third-order valence-electron chi connectivity index (χ3n) is 4.43. The lowest BCUT2D eigenvalue weighted by molar-refractivity contribution is 0.462. The molecule has 2 aliphatic rings. The highest BCUT2D eigenvalue weighted by atomic mass is 32.2. The highest BCUT2D eigenvalue weighted by molar-refractivity contribution is 7.99. The zero-order valence-electron chi connectivity index (χ0n) is 12.3. The highest BCUT2D eigenvalue weighted by Gasteiger charge is 2.37. The van der Waals surface area contributed by atoms with Crippen LogP contribution in [0.25, 0.3) is 0 Å². The molecule has 1 aliphatic heterocycles. The van der Waals surface area contributed by atoms with E-state index >= 15 is 0 Å². The number of ether oxygens (including phenoxy) is 1. The molecule has 1 aliphatic carbocycles. The van der Waals surface area contributed by atoms with E-state index in [0.29, 0.717) is 17.9 Å². The van der Waals surface area contributed by atoms with Crippen LogP contribution in [0, 0.1) is 11.8 Å². The fourth-order valence-corrected chi connectivity index (χ4v) is 4.93. The molecule has 22 heavy (non-hydrogen) atoms. The summed E-state index contributed by atoms with van der Waals surface area (Å²) in [5, 5.41) is 3.48. The summed E-state index contributed by atoms with van der Waals surface area (Å²) >= 11 is 2.10. The van der Waals surface area contributed by atoms with Gasteiger partial charge in [0.25, 0.3) is 0 Å². The Morgan fingerprint density at radius 3 is 2.59 bits per heavy atom.